The molecule has 0 saturated heterocycles. The Labute approximate surface area is 166 Å². The van der Waals surface area contributed by atoms with E-state index < -0.39 is 15.7 Å². The Morgan fingerprint density at radius 1 is 1.37 bits per heavy atom. The molecule has 1 aliphatic carbocycles. The number of nitrogens with one attached hydrogen (secondary N) is 1. The summed E-state index contributed by atoms with van der Waals surface area (Å²) in [6.45, 7) is 0.364. The van der Waals surface area contributed by atoms with E-state index in [0.717, 1.165) is 5.75 Å². The summed E-state index contributed by atoms with van der Waals surface area (Å²) in [6.07, 6.45) is 4.94. The molecular formula is C17H19N3O4S3. The Bertz CT molecular complexity index is 905. The first-order valence-corrected chi connectivity index (χ1v) is 12.1. The maximum atomic E-state index is 12.6. The first kappa shape index (κ1) is 19.8. The number of hydrogen-bond acceptors (Lipinski definition) is 8. The zero-order valence-corrected chi connectivity index (χ0v) is 17.1. The quantitative estimate of drug-likeness (QED) is 0.377. The summed E-state index contributed by atoms with van der Waals surface area (Å²) >= 11 is 2.89. The van der Waals surface area contributed by atoms with Crippen LogP contribution in [0.1, 0.15) is 18.4 Å². The van der Waals surface area contributed by atoms with E-state index in [1.165, 1.54) is 23.5 Å². The van der Waals surface area contributed by atoms with Crippen LogP contribution in [0.15, 0.2) is 45.9 Å². The molecule has 1 aromatic heterocycles. The Hall–Kier alpha value is -1.91. The zero-order valence-electron chi connectivity index (χ0n) is 14.6. The van der Waals surface area contributed by atoms with Gasteiger partial charge in [0.05, 0.1) is 10.1 Å². The number of nitrogens with zero attached hydrogens (tertiary/aromatic N) is 2. The summed E-state index contributed by atoms with van der Waals surface area (Å²) in [7, 11) is -3.28. The lowest BCUT2D eigenvalue weighted by Crippen LogP contribution is -2.24. The van der Waals surface area contributed by atoms with E-state index in [4.69, 9.17) is 4.84 Å². The average Bonchev–Trinajstić information content (AvgIpc) is 3.41. The second-order valence-corrected chi connectivity index (χ2v) is 9.93. The van der Waals surface area contributed by atoms with E-state index in [0.29, 0.717) is 30.1 Å². The van der Waals surface area contributed by atoms with Crippen LogP contribution in [0.3, 0.4) is 0 Å². The molecule has 0 bridgehead atoms. The number of hydrogen-bond donors (Lipinski definition) is 1. The Morgan fingerprint density at radius 2 is 2.11 bits per heavy atom. The smallest absolute Gasteiger partial charge is 0.280 e. The highest BCUT2D eigenvalue weighted by molar-refractivity contribution is 7.98. The highest BCUT2D eigenvalue weighted by atomic mass is 32.2. The molecule has 0 aliphatic heterocycles. The molecule has 10 heteroatoms. The van der Waals surface area contributed by atoms with Gasteiger partial charge in [-0.3, -0.25) is 10.1 Å². The summed E-state index contributed by atoms with van der Waals surface area (Å²) in [5, 5.41) is 8.56. The van der Waals surface area contributed by atoms with Crippen molar-refractivity contribution < 1.29 is 18.0 Å². The summed E-state index contributed by atoms with van der Waals surface area (Å²) in [5.41, 5.74) is 0.546. The molecule has 1 heterocycles. The third-order valence-electron chi connectivity index (χ3n) is 3.82. The summed E-state index contributed by atoms with van der Waals surface area (Å²) in [4.78, 5) is 22.1. The topological polar surface area (TPSA) is 97.7 Å². The Balaban J connectivity index is 1.81. The van der Waals surface area contributed by atoms with Crippen molar-refractivity contribution in [3.63, 3.8) is 0 Å². The minimum absolute atomic E-state index is 0.0710. The summed E-state index contributed by atoms with van der Waals surface area (Å²) in [5.74, 6) is 0.274. The normalized spacial score (nSPS) is 14.8. The molecule has 0 spiro atoms. The minimum atomic E-state index is -3.28. The van der Waals surface area contributed by atoms with Crippen LogP contribution >= 0.6 is 23.1 Å². The van der Waals surface area contributed by atoms with Gasteiger partial charge in [-0.15, -0.1) is 11.3 Å². The maximum Gasteiger partial charge on any atom is 0.280 e. The fraction of sp³-hybridized carbons (Fsp3) is 0.353. The van der Waals surface area contributed by atoms with Crippen molar-refractivity contribution in [3.8, 4) is 0 Å². The van der Waals surface area contributed by atoms with Crippen LogP contribution < -0.4 is 5.32 Å². The number of aromatic nitrogens is 1. The van der Waals surface area contributed by atoms with Crippen molar-refractivity contribution in [1.29, 1.82) is 0 Å². The molecule has 1 aliphatic rings. The molecular weight excluding hydrogens is 406 g/mol. The first-order valence-electron chi connectivity index (χ1n) is 8.26. The first-order chi connectivity index (χ1) is 13.0. The molecule has 7 nitrogen and oxygen atoms in total. The number of anilines is 1. The fourth-order valence-corrected chi connectivity index (χ4v) is 4.69. The number of rotatable bonds is 9. The number of thioether (sulfide) groups is 1. The van der Waals surface area contributed by atoms with Crippen LogP contribution in [0.4, 0.5) is 5.13 Å². The molecule has 1 amide bonds. The van der Waals surface area contributed by atoms with Gasteiger partial charge in [-0.25, -0.2) is 13.4 Å². The van der Waals surface area contributed by atoms with Gasteiger partial charge in [0.15, 0.2) is 20.7 Å². The largest absolute Gasteiger partial charge is 0.394 e. The highest BCUT2D eigenvalue weighted by Gasteiger charge is 2.36. The molecule has 3 rings (SSSR count). The van der Waals surface area contributed by atoms with Gasteiger partial charge in [0.1, 0.15) is 6.61 Å². The van der Waals surface area contributed by atoms with Crippen molar-refractivity contribution in [2.75, 3.05) is 23.9 Å². The third kappa shape index (κ3) is 5.08. The van der Waals surface area contributed by atoms with E-state index in [1.807, 2.05) is 6.26 Å². The van der Waals surface area contributed by atoms with Crippen molar-refractivity contribution in [3.05, 3.63) is 41.4 Å². The lowest BCUT2D eigenvalue weighted by atomic mass is 10.1. The predicted octanol–water partition coefficient (Wildman–Crippen LogP) is 2.80. The number of oxime groups is 1. The van der Waals surface area contributed by atoms with Gasteiger partial charge in [0.25, 0.3) is 5.91 Å². The lowest BCUT2D eigenvalue weighted by Gasteiger charge is -2.08. The maximum absolute atomic E-state index is 12.6. The van der Waals surface area contributed by atoms with Gasteiger partial charge in [0, 0.05) is 22.9 Å². The van der Waals surface area contributed by atoms with E-state index in [1.54, 1.807) is 35.5 Å². The highest BCUT2D eigenvalue weighted by Crippen LogP contribution is 2.33. The SMILES string of the molecule is CSCCON=C(C(=O)Nc1nccs1)c1ccc(S(=O)(=O)C2CC2)cc1. The zero-order chi connectivity index (χ0) is 19.3. The molecule has 1 N–H and O–H groups in total. The van der Waals surface area contributed by atoms with Gasteiger partial charge >= 0.3 is 0 Å². The number of thiazole rings is 1. The molecule has 144 valence electrons. The number of carbonyl (C=O) groups excluding carboxylic acids is 1. The van der Waals surface area contributed by atoms with Crippen LogP contribution in [0.5, 0.6) is 0 Å². The second-order valence-electron chi connectivity index (χ2n) is 5.83. The predicted molar refractivity (Wildman–Crippen MR) is 108 cm³/mol. The van der Waals surface area contributed by atoms with E-state index in [9.17, 15) is 13.2 Å². The third-order valence-corrected chi connectivity index (χ3v) is 7.36. The molecule has 0 atom stereocenters. The molecule has 1 aromatic carbocycles. The fourth-order valence-electron chi connectivity index (χ4n) is 2.27. The Kier molecular flexibility index (Phi) is 6.51. The molecule has 0 radical (unpaired) electrons. The van der Waals surface area contributed by atoms with Crippen molar-refractivity contribution in [2.24, 2.45) is 5.16 Å². The summed E-state index contributed by atoms with van der Waals surface area (Å²) in [6, 6.07) is 6.18. The number of sulfone groups is 1. The number of carbonyl (C=O) groups is 1. The van der Waals surface area contributed by atoms with Gasteiger partial charge in [-0.05, 0) is 31.2 Å². The lowest BCUT2D eigenvalue weighted by molar-refractivity contribution is -0.110. The molecule has 27 heavy (non-hydrogen) atoms. The monoisotopic (exact) mass is 425 g/mol. The second kappa shape index (κ2) is 8.85. The standard InChI is InChI=1S/C17H19N3O4S3/c1-25-11-9-24-20-15(16(21)19-17-18-8-10-26-17)12-2-4-13(5-3-12)27(22,23)14-6-7-14/h2-5,8,10,14H,6-7,9,11H2,1H3,(H,18,19,21). The van der Waals surface area contributed by atoms with Crippen molar-refractivity contribution in [1.82, 2.24) is 4.98 Å². The van der Waals surface area contributed by atoms with Crippen LogP contribution in [0.2, 0.25) is 0 Å². The minimum Gasteiger partial charge on any atom is -0.394 e. The van der Waals surface area contributed by atoms with Crippen LogP contribution in [-0.2, 0) is 19.5 Å². The van der Waals surface area contributed by atoms with E-state index in [-0.39, 0.29) is 15.9 Å². The molecule has 1 saturated carbocycles. The summed E-state index contributed by atoms with van der Waals surface area (Å²) < 4.78 is 24.6. The van der Waals surface area contributed by atoms with Crippen LogP contribution in [-0.4, -0.2) is 48.9 Å². The molecule has 1 fully saturated rings. The van der Waals surface area contributed by atoms with Crippen molar-refractivity contribution >= 4 is 49.7 Å². The number of amides is 1. The molecule has 2 aromatic rings. The molecule has 0 unspecified atom stereocenters. The van der Waals surface area contributed by atoms with Gasteiger partial charge in [-0.1, -0.05) is 17.3 Å². The van der Waals surface area contributed by atoms with Crippen LogP contribution in [0.25, 0.3) is 0 Å². The average molecular weight is 426 g/mol. The van der Waals surface area contributed by atoms with E-state index in [2.05, 4.69) is 15.5 Å². The van der Waals surface area contributed by atoms with Crippen molar-refractivity contribution in [2.45, 2.75) is 23.0 Å². The van der Waals surface area contributed by atoms with E-state index >= 15 is 0 Å². The van der Waals surface area contributed by atoms with Gasteiger partial charge in [-0.2, -0.15) is 11.8 Å². The number of benzene rings is 1. The van der Waals surface area contributed by atoms with Gasteiger partial charge in [0.2, 0.25) is 0 Å². The van der Waals surface area contributed by atoms with Gasteiger partial charge < -0.3 is 4.84 Å². The van der Waals surface area contributed by atoms with Crippen LogP contribution in [0, 0.1) is 0 Å². The Morgan fingerprint density at radius 3 is 2.70 bits per heavy atom.